The summed E-state index contributed by atoms with van der Waals surface area (Å²) in [6.45, 7) is 0. The molecule has 0 spiro atoms. The Hall–Kier alpha value is -2.49. The molecule has 2 fully saturated rings. The average Bonchev–Trinajstić information content (AvgIpc) is 2.73. The van der Waals surface area contributed by atoms with E-state index in [2.05, 4.69) is 0 Å². The van der Waals surface area contributed by atoms with Crippen LogP contribution in [0.4, 0.5) is 0 Å². The van der Waals surface area contributed by atoms with Crippen LogP contribution in [-0.4, -0.2) is 62.4 Å². The molecule has 1 aliphatic carbocycles. The first kappa shape index (κ1) is 18.3. The third kappa shape index (κ3) is 2.64. The quantitative estimate of drug-likeness (QED) is 0.176. The predicted molar refractivity (Wildman–Crippen MR) is 85.7 cm³/mol. The summed E-state index contributed by atoms with van der Waals surface area (Å²) in [6.07, 6.45) is 0.518. The van der Waals surface area contributed by atoms with E-state index in [1.165, 1.54) is 11.8 Å². The molecule has 1 N–H and O–H groups in total. The maximum absolute atomic E-state index is 12.8. The van der Waals surface area contributed by atoms with Crippen LogP contribution in [0.3, 0.4) is 0 Å². The largest absolute Gasteiger partial charge is 0.477 e. The highest BCUT2D eigenvalue weighted by molar-refractivity contribution is 8.00. The van der Waals surface area contributed by atoms with E-state index in [0.29, 0.717) is 12.8 Å². The van der Waals surface area contributed by atoms with Gasteiger partial charge in [-0.05, 0) is 12.8 Å². The number of rotatable bonds is 4. The van der Waals surface area contributed by atoms with E-state index in [4.69, 9.17) is 4.74 Å². The molecular weight excluding hydrogens is 366 g/mol. The predicted octanol–water partition coefficient (Wildman–Crippen LogP) is -0.177. The van der Waals surface area contributed by atoms with E-state index in [0.717, 1.165) is 4.90 Å². The monoisotopic (exact) mass is 381 g/mol. The van der Waals surface area contributed by atoms with E-state index in [9.17, 15) is 33.9 Å². The average molecular weight is 381 g/mol. The standard InChI is InChI=1S/C16H15NO8S/c18-6-13(22)25-16(9(19)3-1-2-4-10(16)20)8-7-26-12-5-11(21)17(12)14(8)15(23)24/h6,12H,1-5,7H2,(H,23,24)/t12-/m1/s1. The number of hydrogen-bond donors (Lipinski definition) is 1. The molecule has 0 aromatic heterocycles. The molecule has 3 aliphatic rings. The second kappa shape index (κ2) is 6.67. The minimum atomic E-state index is -2.46. The summed E-state index contributed by atoms with van der Waals surface area (Å²) >= 11 is 1.18. The van der Waals surface area contributed by atoms with E-state index in [1.807, 2.05) is 0 Å². The zero-order chi connectivity index (χ0) is 19.1. The second-order valence-corrected chi connectivity index (χ2v) is 7.31. The molecular formula is C16H15NO8S. The van der Waals surface area contributed by atoms with Crippen molar-refractivity contribution in [3.63, 3.8) is 0 Å². The number of carbonyl (C=O) groups excluding carboxylic acids is 5. The zero-order valence-electron chi connectivity index (χ0n) is 13.6. The minimum Gasteiger partial charge on any atom is -0.477 e. The number of nitrogens with zero attached hydrogens (tertiary/aromatic N) is 1. The SMILES string of the molecule is O=CC(=O)OC1(C2=C(C(=O)O)N3C(=O)C[C@H]3SC2)C(=O)CCCCC1=O. The smallest absolute Gasteiger partial charge is 0.373 e. The number of hydrogen-bond acceptors (Lipinski definition) is 8. The van der Waals surface area contributed by atoms with Gasteiger partial charge in [-0.1, -0.05) is 0 Å². The maximum Gasteiger partial charge on any atom is 0.373 e. The summed E-state index contributed by atoms with van der Waals surface area (Å²) in [4.78, 5) is 72.8. The van der Waals surface area contributed by atoms with Gasteiger partial charge in [0.2, 0.25) is 12.2 Å². The summed E-state index contributed by atoms with van der Waals surface area (Å²) in [6, 6.07) is 0. The Balaban J connectivity index is 2.24. The molecule has 10 heteroatoms. The first-order valence-electron chi connectivity index (χ1n) is 7.98. The van der Waals surface area contributed by atoms with Gasteiger partial charge in [0.1, 0.15) is 5.70 Å². The number of fused-ring (bicyclic) bond motifs is 1. The van der Waals surface area contributed by atoms with Gasteiger partial charge in [-0.25, -0.2) is 9.59 Å². The fourth-order valence-corrected chi connectivity index (χ4v) is 4.78. The Kier molecular flexibility index (Phi) is 4.70. The fraction of sp³-hybridized carbons (Fsp3) is 0.500. The summed E-state index contributed by atoms with van der Waals surface area (Å²) in [5.74, 6) is -4.99. The topological polar surface area (TPSA) is 135 Å². The molecule has 0 radical (unpaired) electrons. The summed E-state index contributed by atoms with van der Waals surface area (Å²) in [5.41, 5.74) is -3.21. The molecule has 26 heavy (non-hydrogen) atoms. The van der Waals surface area contributed by atoms with Gasteiger partial charge in [0.25, 0.3) is 5.60 Å². The maximum atomic E-state index is 12.8. The molecule has 1 atom stereocenters. The van der Waals surface area contributed by atoms with Crippen molar-refractivity contribution in [3.8, 4) is 0 Å². The van der Waals surface area contributed by atoms with E-state index in [1.54, 1.807) is 0 Å². The molecule has 2 heterocycles. The highest BCUT2D eigenvalue weighted by Crippen LogP contribution is 2.45. The minimum absolute atomic E-state index is 0.0697. The van der Waals surface area contributed by atoms with Crippen LogP contribution in [0.1, 0.15) is 32.1 Å². The lowest BCUT2D eigenvalue weighted by molar-refractivity contribution is -0.169. The number of β-lactam (4-membered cyclic amide) rings is 1. The highest BCUT2D eigenvalue weighted by atomic mass is 32.2. The van der Waals surface area contributed by atoms with Crippen LogP contribution in [-0.2, 0) is 33.5 Å². The van der Waals surface area contributed by atoms with Crippen molar-refractivity contribution < 1.29 is 38.6 Å². The Morgan fingerprint density at radius 3 is 2.31 bits per heavy atom. The summed E-state index contributed by atoms with van der Waals surface area (Å²) in [7, 11) is 0. The summed E-state index contributed by atoms with van der Waals surface area (Å²) < 4.78 is 5.02. The van der Waals surface area contributed by atoms with Gasteiger partial charge >= 0.3 is 11.9 Å². The number of carbonyl (C=O) groups is 6. The molecule has 0 aromatic carbocycles. The van der Waals surface area contributed by atoms with Crippen LogP contribution in [0.15, 0.2) is 11.3 Å². The Labute approximate surface area is 151 Å². The van der Waals surface area contributed by atoms with Crippen LogP contribution in [0.25, 0.3) is 0 Å². The Morgan fingerprint density at radius 2 is 1.81 bits per heavy atom. The van der Waals surface area contributed by atoms with Gasteiger partial charge in [0.05, 0.1) is 11.8 Å². The molecule has 1 saturated carbocycles. The molecule has 0 unspecified atom stereocenters. The number of thioether (sulfide) groups is 1. The third-order valence-electron chi connectivity index (χ3n) is 4.67. The number of esters is 1. The van der Waals surface area contributed by atoms with Gasteiger partial charge in [0.15, 0.2) is 11.6 Å². The van der Waals surface area contributed by atoms with Crippen molar-refractivity contribution in [3.05, 3.63) is 11.3 Å². The van der Waals surface area contributed by atoms with Gasteiger partial charge in [0, 0.05) is 24.2 Å². The first-order valence-corrected chi connectivity index (χ1v) is 9.03. The van der Waals surface area contributed by atoms with Crippen molar-refractivity contribution in [2.45, 2.75) is 43.1 Å². The molecule has 138 valence electrons. The molecule has 2 aliphatic heterocycles. The highest BCUT2D eigenvalue weighted by Gasteiger charge is 2.58. The third-order valence-corrected chi connectivity index (χ3v) is 5.89. The Morgan fingerprint density at radius 1 is 1.19 bits per heavy atom. The molecule has 0 bridgehead atoms. The lowest BCUT2D eigenvalue weighted by Gasteiger charge is -2.46. The van der Waals surface area contributed by atoms with Gasteiger partial charge in [-0.15, -0.1) is 11.8 Å². The fourth-order valence-electron chi connectivity index (χ4n) is 3.45. The van der Waals surface area contributed by atoms with Crippen molar-refractivity contribution >= 4 is 47.5 Å². The van der Waals surface area contributed by atoms with Crippen molar-refractivity contribution in [2.75, 3.05) is 5.75 Å². The number of amides is 1. The first-order chi connectivity index (χ1) is 12.3. The van der Waals surface area contributed by atoms with Crippen LogP contribution < -0.4 is 0 Å². The number of carboxylic acids is 1. The zero-order valence-corrected chi connectivity index (χ0v) is 14.4. The molecule has 1 saturated heterocycles. The van der Waals surface area contributed by atoms with E-state index in [-0.39, 0.29) is 36.9 Å². The molecule has 9 nitrogen and oxygen atoms in total. The van der Waals surface area contributed by atoms with Crippen molar-refractivity contribution in [1.82, 2.24) is 4.90 Å². The van der Waals surface area contributed by atoms with Crippen molar-refractivity contribution in [1.29, 1.82) is 0 Å². The number of carboxylic acid groups (broad SMARTS) is 1. The molecule has 0 aromatic rings. The molecule has 1 amide bonds. The van der Waals surface area contributed by atoms with Crippen LogP contribution >= 0.6 is 11.8 Å². The normalized spacial score (nSPS) is 25.2. The van der Waals surface area contributed by atoms with Crippen LogP contribution in [0.5, 0.6) is 0 Å². The summed E-state index contributed by atoms with van der Waals surface area (Å²) in [5, 5.41) is 9.24. The van der Waals surface area contributed by atoms with E-state index < -0.39 is 46.1 Å². The lowest BCUT2D eigenvalue weighted by atomic mass is 9.82. The van der Waals surface area contributed by atoms with Gasteiger partial charge in [-0.2, -0.15) is 0 Å². The number of aldehydes is 1. The van der Waals surface area contributed by atoms with Gasteiger partial charge in [-0.3, -0.25) is 24.1 Å². The number of ketones is 2. The number of ether oxygens (including phenoxy) is 1. The van der Waals surface area contributed by atoms with Crippen LogP contribution in [0, 0.1) is 0 Å². The number of aliphatic carboxylic acids is 1. The van der Waals surface area contributed by atoms with Crippen LogP contribution in [0.2, 0.25) is 0 Å². The van der Waals surface area contributed by atoms with E-state index >= 15 is 0 Å². The second-order valence-electron chi connectivity index (χ2n) is 6.14. The molecule has 3 rings (SSSR count). The van der Waals surface area contributed by atoms with Gasteiger partial charge < -0.3 is 9.84 Å². The lowest BCUT2D eigenvalue weighted by Crippen LogP contribution is -2.59. The Bertz CT molecular complexity index is 752. The number of Topliss-reactive ketones (excluding diaryl/α,β-unsaturated/α-hetero) is 2. The van der Waals surface area contributed by atoms with Crippen molar-refractivity contribution in [2.24, 2.45) is 0 Å².